The van der Waals surface area contributed by atoms with Gasteiger partial charge in [0.05, 0.1) is 22.6 Å². The van der Waals surface area contributed by atoms with Gasteiger partial charge in [0, 0.05) is 12.6 Å². The molecular formula is C39H61N3O5. The molecule has 8 nitrogen and oxygen atoms in total. The van der Waals surface area contributed by atoms with Crippen LogP contribution in [0.1, 0.15) is 141 Å². The van der Waals surface area contributed by atoms with Crippen molar-refractivity contribution in [2.45, 2.75) is 169 Å². The van der Waals surface area contributed by atoms with Crippen LogP contribution < -0.4 is 10.6 Å². The fourth-order valence-corrected chi connectivity index (χ4v) is 12.6. The van der Waals surface area contributed by atoms with Crippen LogP contribution in [-0.2, 0) is 14.3 Å². The van der Waals surface area contributed by atoms with Crippen LogP contribution >= 0.6 is 0 Å². The molecular weight excluding hydrogens is 590 g/mol. The lowest BCUT2D eigenvalue weighted by molar-refractivity contribution is -0.250. The van der Waals surface area contributed by atoms with E-state index in [4.69, 9.17) is 9.73 Å². The van der Waals surface area contributed by atoms with Crippen LogP contribution in [0.15, 0.2) is 16.1 Å². The summed E-state index contributed by atoms with van der Waals surface area (Å²) in [6.45, 7) is 25.2. The number of hydrogen-bond acceptors (Lipinski definition) is 6. The van der Waals surface area contributed by atoms with Gasteiger partial charge in [-0.25, -0.2) is 4.79 Å². The second kappa shape index (κ2) is 9.94. The van der Waals surface area contributed by atoms with Gasteiger partial charge in [0.1, 0.15) is 11.1 Å². The minimum absolute atomic E-state index is 0.0112. The maximum absolute atomic E-state index is 14.2. The molecule has 0 bridgehead atoms. The molecule has 6 aliphatic rings. The smallest absolute Gasteiger partial charge is 0.408 e. The molecule has 4 fully saturated rings. The van der Waals surface area contributed by atoms with Crippen molar-refractivity contribution in [3.8, 4) is 0 Å². The molecule has 262 valence electrons. The minimum atomic E-state index is -1.25. The molecule has 0 aromatic heterocycles. The van der Waals surface area contributed by atoms with E-state index in [1.54, 1.807) is 34.6 Å². The summed E-state index contributed by atoms with van der Waals surface area (Å²) in [7, 11) is 0. The summed E-state index contributed by atoms with van der Waals surface area (Å²) in [5.74, 6) is 0.304. The highest BCUT2D eigenvalue weighted by molar-refractivity contribution is 6.03. The molecule has 3 N–H and O–H groups in total. The standard InChI is InChI=1S/C39H61N3O5/c1-23(2)27-24(43)21-38(41-29(45)32(6,7)42-30(46)47-31(3,4)5)19-18-37(12)33(8)17-20-39-34(9,16-14-26(44)36(39,11)22-40-39)25(33)13-15-35(37,10)28(27)38/h22-23,25-26,44H,13-21H2,1-12H3,(H,41,45)(H,42,46)/t25-,26-,33+,34+,35+,36+,37-,38+,39-/m0/s1. The molecule has 4 saturated carbocycles. The van der Waals surface area contributed by atoms with Crippen LogP contribution in [0.4, 0.5) is 4.79 Å². The maximum Gasteiger partial charge on any atom is 0.408 e. The molecule has 2 amide bonds. The summed E-state index contributed by atoms with van der Waals surface area (Å²) in [4.78, 5) is 46.2. The van der Waals surface area contributed by atoms with E-state index in [2.05, 4.69) is 59.1 Å². The van der Waals surface area contributed by atoms with E-state index in [0.717, 1.165) is 56.1 Å². The Bertz CT molecular complexity index is 1470. The SMILES string of the molecule is CC(C)C1=C2[C@@](NC(=O)C(C)(C)NC(=O)OC(C)(C)C)(CC[C@]3(C)[C@]2(C)CC[C@H]2[C@@]3(C)CC[C@@]34N=C[C@]3(C)[C@@H](O)CC[C@]24C)CC1=O. The first-order valence-electron chi connectivity index (χ1n) is 18.3. The van der Waals surface area contributed by atoms with Crippen molar-refractivity contribution in [1.82, 2.24) is 10.6 Å². The fourth-order valence-electron chi connectivity index (χ4n) is 12.6. The first-order valence-corrected chi connectivity index (χ1v) is 18.3. The third-order valence-corrected chi connectivity index (χ3v) is 15.4. The van der Waals surface area contributed by atoms with E-state index in [0.29, 0.717) is 12.3 Å². The molecule has 0 aromatic rings. The molecule has 0 saturated heterocycles. The molecule has 0 radical (unpaired) electrons. The van der Waals surface area contributed by atoms with Gasteiger partial charge >= 0.3 is 6.09 Å². The first kappa shape index (κ1) is 34.6. The molecule has 9 atom stereocenters. The molecule has 1 aliphatic heterocycles. The number of nitrogens with zero attached hydrogens (tertiary/aromatic N) is 1. The van der Waals surface area contributed by atoms with Crippen molar-refractivity contribution < 1.29 is 24.2 Å². The Kier molecular flexibility index (Phi) is 7.33. The summed E-state index contributed by atoms with van der Waals surface area (Å²) >= 11 is 0. The number of allylic oxidation sites excluding steroid dienone is 1. The normalized spacial score (nSPS) is 45.6. The van der Waals surface area contributed by atoms with Crippen LogP contribution in [0.25, 0.3) is 0 Å². The lowest BCUT2D eigenvalue weighted by Gasteiger charge is -2.78. The highest BCUT2D eigenvalue weighted by atomic mass is 16.6. The molecule has 1 spiro atoms. The number of ether oxygens (including phenoxy) is 1. The quantitative estimate of drug-likeness (QED) is 0.301. The van der Waals surface area contributed by atoms with Crippen molar-refractivity contribution in [3.05, 3.63) is 11.1 Å². The number of alkyl carbamates (subject to hydrolysis) is 1. The number of aliphatic hydroxyl groups is 1. The Morgan fingerprint density at radius 2 is 1.60 bits per heavy atom. The van der Waals surface area contributed by atoms with Crippen molar-refractivity contribution in [3.63, 3.8) is 0 Å². The van der Waals surface area contributed by atoms with Crippen molar-refractivity contribution in [1.29, 1.82) is 0 Å². The number of fused-ring (bicyclic) bond motifs is 6. The van der Waals surface area contributed by atoms with E-state index in [-0.39, 0.29) is 62.7 Å². The number of Topliss-reactive ketones (excluding diaryl/α,β-unsaturated/α-hetero) is 1. The maximum atomic E-state index is 14.2. The lowest BCUT2D eigenvalue weighted by Crippen LogP contribution is -2.78. The van der Waals surface area contributed by atoms with Crippen molar-refractivity contribution in [2.24, 2.45) is 43.9 Å². The van der Waals surface area contributed by atoms with Gasteiger partial charge < -0.3 is 20.5 Å². The van der Waals surface area contributed by atoms with Crippen molar-refractivity contribution in [2.75, 3.05) is 0 Å². The highest BCUT2D eigenvalue weighted by Gasteiger charge is 2.78. The van der Waals surface area contributed by atoms with Gasteiger partial charge in [-0.3, -0.25) is 14.6 Å². The van der Waals surface area contributed by atoms with E-state index in [9.17, 15) is 19.5 Å². The monoisotopic (exact) mass is 651 g/mol. The number of rotatable bonds is 4. The number of aliphatic imine (C=N–C) groups is 1. The first-order chi connectivity index (χ1) is 21.4. The number of nitrogens with one attached hydrogen (secondary N) is 2. The highest BCUT2D eigenvalue weighted by Crippen LogP contribution is 2.81. The zero-order valence-corrected chi connectivity index (χ0v) is 31.2. The van der Waals surface area contributed by atoms with E-state index >= 15 is 0 Å². The average Bonchev–Trinajstić information content (AvgIpc) is 3.23. The van der Waals surface area contributed by atoms with Gasteiger partial charge in [0.15, 0.2) is 5.78 Å². The predicted octanol–water partition coefficient (Wildman–Crippen LogP) is 7.08. The molecule has 0 aromatic carbocycles. The van der Waals surface area contributed by atoms with E-state index in [1.807, 2.05) is 6.21 Å². The Morgan fingerprint density at radius 1 is 0.936 bits per heavy atom. The van der Waals surface area contributed by atoms with Gasteiger partial charge in [-0.1, -0.05) is 41.5 Å². The molecule has 0 unspecified atom stereocenters. The predicted molar refractivity (Wildman–Crippen MR) is 184 cm³/mol. The second-order valence-electron chi connectivity index (χ2n) is 19.4. The second-order valence-corrected chi connectivity index (χ2v) is 19.4. The summed E-state index contributed by atoms with van der Waals surface area (Å²) in [5.41, 5.74) is -1.64. The van der Waals surface area contributed by atoms with Crippen LogP contribution in [0, 0.1) is 38.9 Å². The minimum Gasteiger partial charge on any atom is -0.444 e. The molecule has 5 aliphatic carbocycles. The zero-order chi connectivity index (χ0) is 35.0. The van der Waals surface area contributed by atoms with Crippen molar-refractivity contribution >= 4 is 24.0 Å². The molecule has 8 heteroatoms. The lowest BCUT2D eigenvalue weighted by atomic mass is 9.28. The largest absolute Gasteiger partial charge is 0.444 e. The molecule has 6 rings (SSSR count). The zero-order valence-electron chi connectivity index (χ0n) is 31.2. The number of carbonyl (C=O) groups is 3. The van der Waals surface area contributed by atoms with Gasteiger partial charge in [-0.15, -0.1) is 0 Å². The van der Waals surface area contributed by atoms with Crippen LogP contribution in [0.3, 0.4) is 0 Å². The Balaban J connectivity index is 1.39. The van der Waals surface area contributed by atoms with Crippen LogP contribution in [0.2, 0.25) is 0 Å². The number of carbonyl (C=O) groups excluding carboxylic acids is 3. The van der Waals surface area contributed by atoms with Crippen LogP contribution in [-0.4, -0.2) is 57.4 Å². The summed E-state index contributed by atoms with van der Waals surface area (Å²) < 4.78 is 5.49. The Hall–Kier alpha value is -2.22. The molecule has 47 heavy (non-hydrogen) atoms. The number of ketones is 1. The number of hydrogen-bond donors (Lipinski definition) is 3. The van der Waals surface area contributed by atoms with Gasteiger partial charge in [0.25, 0.3) is 0 Å². The summed E-state index contributed by atoms with van der Waals surface area (Å²) in [6.07, 6.45) is 8.65. The fraction of sp³-hybridized carbons (Fsp3) is 0.846. The van der Waals surface area contributed by atoms with E-state index < -0.39 is 22.8 Å². The van der Waals surface area contributed by atoms with Gasteiger partial charge in [-0.2, -0.15) is 0 Å². The topological polar surface area (TPSA) is 117 Å². The third kappa shape index (κ3) is 4.21. The van der Waals surface area contributed by atoms with Gasteiger partial charge in [-0.05, 0) is 138 Å². The van der Waals surface area contributed by atoms with E-state index in [1.165, 1.54) is 0 Å². The molecule has 1 heterocycles. The Morgan fingerprint density at radius 3 is 2.17 bits per heavy atom. The average molecular weight is 652 g/mol. The van der Waals surface area contributed by atoms with Gasteiger partial charge in [0.2, 0.25) is 5.91 Å². The summed E-state index contributed by atoms with van der Waals surface area (Å²) in [5, 5.41) is 17.4. The Labute approximate surface area is 282 Å². The number of amides is 2. The van der Waals surface area contributed by atoms with Crippen LogP contribution in [0.5, 0.6) is 0 Å². The number of aliphatic hydroxyl groups excluding tert-OH is 1. The summed E-state index contributed by atoms with van der Waals surface area (Å²) in [6, 6.07) is 0. The third-order valence-electron chi connectivity index (χ3n) is 15.4.